The van der Waals surface area contributed by atoms with Crippen molar-refractivity contribution in [1.82, 2.24) is 30.6 Å². The Kier molecular flexibility index (Phi) is 9.95. The average Bonchev–Trinajstić information content (AvgIpc) is 3.28. The van der Waals surface area contributed by atoms with E-state index in [0.717, 1.165) is 30.2 Å². The Balaban J connectivity index is 0.00000363. The molecule has 0 aliphatic rings. The molecule has 3 aromatic rings. The minimum atomic E-state index is 0. The van der Waals surface area contributed by atoms with Crippen LogP contribution in [0.4, 0.5) is 0 Å². The highest BCUT2D eigenvalue weighted by Crippen LogP contribution is 2.20. The Bertz CT molecular complexity index is 1050. The van der Waals surface area contributed by atoms with Crippen molar-refractivity contribution in [2.24, 2.45) is 12.0 Å². The van der Waals surface area contributed by atoms with Gasteiger partial charge in [0.2, 0.25) is 11.7 Å². The third-order valence-electron chi connectivity index (χ3n) is 5.04. The van der Waals surface area contributed by atoms with Crippen molar-refractivity contribution in [3.05, 3.63) is 52.1 Å². The maximum absolute atomic E-state index is 6.04. The van der Waals surface area contributed by atoms with Crippen molar-refractivity contribution in [1.29, 1.82) is 0 Å². The first kappa shape index (κ1) is 26.1. The van der Waals surface area contributed by atoms with Crippen LogP contribution in [-0.2, 0) is 19.9 Å². The predicted octanol–water partition coefficient (Wildman–Crippen LogP) is 4.09. The summed E-state index contributed by atoms with van der Waals surface area (Å²) in [6, 6.07) is 7.60. The van der Waals surface area contributed by atoms with Gasteiger partial charge in [0, 0.05) is 42.3 Å². The van der Waals surface area contributed by atoms with Crippen molar-refractivity contribution in [3.8, 4) is 11.4 Å². The lowest BCUT2D eigenvalue weighted by Crippen LogP contribution is -2.43. The summed E-state index contributed by atoms with van der Waals surface area (Å²) in [5.74, 6) is 1.84. The number of rotatable bonds is 8. The van der Waals surface area contributed by atoms with Gasteiger partial charge in [-0.05, 0) is 51.8 Å². The van der Waals surface area contributed by atoms with Crippen LogP contribution < -0.4 is 10.6 Å². The number of hydrogen-bond donors (Lipinski definition) is 2. The fourth-order valence-corrected chi connectivity index (χ4v) is 3.58. The van der Waals surface area contributed by atoms with Crippen LogP contribution in [0.5, 0.6) is 0 Å². The summed E-state index contributed by atoms with van der Waals surface area (Å²) in [5.41, 5.74) is 4.37. The number of guanidine groups is 1. The Morgan fingerprint density at radius 3 is 2.75 bits per heavy atom. The van der Waals surface area contributed by atoms with Crippen LogP contribution >= 0.6 is 35.6 Å². The summed E-state index contributed by atoms with van der Waals surface area (Å²) in [7, 11) is 1.98. The first-order chi connectivity index (χ1) is 14.9. The zero-order valence-corrected chi connectivity index (χ0v) is 22.2. The molecule has 0 saturated heterocycles. The number of aliphatic imine (C=N–C) groups is 1. The van der Waals surface area contributed by atoms with Crippen LogP contribution in [0, 0.1) is 13.8 Å². The number of halogens is 2. The Morgan fingerprint density at radius 2 is 2.09 bits per heavy atom. The first-order valence-corrected chi connectivity index (χ1v) is 10.9. The third kappa shape index (κ3) is 6.93. The van der Waals surface area contributed by atoms with Crippen LogP contribution in [0.15, 0.2) is 33.8 Å². The fourth-order valence-electron chi connectivity index (χ4n) is 3.39. The van der Waals surface area contributed by atoms with E-state index in [2.05, 4.69) is 51.6 Å². The lowest BCUT2D eigenvalue weighted by Gasteiger charge is -2.18. The minimum absolute atomic E-state index is 0. The molecule has 2 N–H and O–H groups in total. The van der Waals surface area contributed by atoms with Gasteiger partial charge in [-0.1, -0.05) is 28.9 Å². The van der Waals surface area contributed by atoms with E-state index < -0.39 is 0 Å². The molecule has 2 aromatic heterocycles. The second kappa shape index (κ2) is 12.2. The largest absolute Gasteiger partial charge is 0.357 e. The molecule has 1 atom stereocenters. The minimum Gasteiger partial charge on any atom is -0.357 e. The molecule has 0 radical (unpaired) electrons. The molecule has 174 valence electrons. The summed E-state index contributed by atoms with van der Waals surface area (Å²) < 4.78 is 7.30. The van der Waals surface area contributed by atoms with E-state index in [-0.39, 0.29) is 30.0 Å². The van der Waals surface area contributed by atoms with Crippen LogP contribution in [-0.4, -0.2) is 45.0 Å². The fraction of sp³-hybridized carbons (Fsp3) is 0.455. The molecule has 1 unspecified atom stereocenters. The molecular weight excluding hydrogens is 541 g/mol. The van der Waals surface area contributed by atoms with Gasteiger partial charge < -0.3 is 15.2 Å². The molecule has 0 aliphatic carbocycles. The molecule has 1 aromatic carbocycles. The van der Waals surface area contributed by atoms with E-state index in [4.69, 9.17) is 16.1 Å². The van der Waals surface area contributed by atoms with Crippen LogP contribution in [0.2, 0.25) is 5.02 Å². The van der Waals surface area contributed by atoms with Crippen molar-refractivity contribution >= 4 is 41.5 Å². The molecule has 8 nitrogen and oxygen atoms in total. The van der Waals surface area contributed by atoms with Gasteiger partial charge in [-0.3, -0.25) is 9.67 Å². The monoisotopic (exact) mass is 571 g/mol. The zero-order valence-electron chi connectivity index (χ0n) is 19.1. The second-order valence-electron chi connectivity index (χ2n) is 7.56. The summed E-state index contributed by atoms with van der Waals surface area (Å²) in [5, 5.41) is 16.0. The molecule has 0 fully saturated rings. The summed E-state index contributed by atoms with van der Waals surface area (Å²) in [4.78, 5) is 9.11. The number of nitrogens with one attached hydrogen (secondary N) is 2. The highest BCUT2D eigenvalue weighted by atomic mass is 127. The van der Waals surface area contributed by atoms with Gasteiger partial charge in [0.05, 0.1) is 12.2 Å². The maximum atomic E-state index is 6.04. The third-order valence-corrected chi connectivity index (χ3v) is 5.28. The number of hydrogen-bond acceptors (Lipinski definition) is 5. The van der Waals surface area contributed by atoms with Crippen LogP contribution in [0.3, 0.4) is 0 Å². The van der Waals surface area contributed by atoms with Gasteiger partial charge in [0.15, 0.2) is 5.96 Å². The van der Waals surface area contributed by atoms with Gasteiger partial charge in [-0.15, -0.1) is 24.0 Å². The van der Waals surface area contributed by atoms with Gasteiger partial charge >= 0.3 is 0 Å². The molecular formula is C22H31ClIN7O. The van der Waals surface area contributed by atoms with E-state index in [0.29, 0.717) is 29.7 Å². The molecule has 0 aliphatic heterocycles. The normalized spacial score (nSPS) is 12.4. The van der Waals surface area contributed by atoms with Crippen molar-refractivity contribution in [3.63, 3.8) is 0 Å². The van der Waals surface area contributed by atoms with Gasteiger partial charge in [-0.25, -0.2) is 0 Å². The summed E-state index contributed by atoms with van der Waals surface area (Å²) in [6.07, 6.45) is 1.43. The molecule has 0 amide bonds. The van der Waals surface area contributed by atoms with Crippen LogP contribution in [0.1, 0.15) is 36.7 Å². The van der Waals surface area contributed by atoms with E-state index in [9.17, 15) is 0 Å². The standard InChI is InChI=1S/C22H30ClN7O.HI/c1-6-24-22(26-14(2)12-19-15(3)28-30(5)16(19)4)25-11-10-20-27-21(29-31-20)17-8-7-9-18(23)13-17;/h7-9,13-14H,6,10-12H2,1-5H3,(H2,24,25,26);1H. The molecule has 0 bridgehead atoms. The van der Waals surface area contributed by atoms with Crippen molar-refractivity contribution in [2.75, 3.05) is 13.1 Å². The number of benzene rings is 1. The Labute approximate surface area is 211 Å². The summed E-state index contributed by atoms with van der Waals surface area (Å²) in [6.45, 7) is 9.66. The highest BCUT2D eigenvalue weighted by Gasteiger charge is 2.14. The molecule has 32 heavy (non-hydrogen) atoms. The SMILES string of the molecule is CCNC(=NCCc1nc(-c2cccc(Cl)c2)no1)NC(C)Cc1c(C)nn(C)c1C.I. The molecule has 3 rings (SSSR count). The molecule has 10 heteroatoms. The quantitative estimate of drug-likeness (QED) is 0.240. The summed E-state index contributed by atoms with van der Waals surface area (Å²) >= 11 is 6.04. The topological polar surface area (TPSA) is 93.2 Å². The van der Waals surface area contributed by atoms with Crippen LogP contribution in [0.25, 0.3) is 11.4 Å². The van der Waals surface area contributed by atoms with Gasteiger partial charge in [0.25, 0.3) is 0 Å². The number of aromatic nitrogens is 4. The highest BCUT2D eigenvalue weighted by molar-refractivity contribution is 14.0. The van der Waals surface area contributed by atoms with E-state index >= 15 is 0 Å². The second-order valence-corrected chi connectivity index (χ2v) is 7.99. The lowest BCUT2D eigenvalue weighted by atomic mass is 10.1. The molecule has 0 spiro atoms. The van der Waals surface area contributed by atoms with E-state index in [1.807, 2.05) is 42.9 Å². The van der Waals surface area contributed by atoms with E-state index in [1.165, 1.54) is 11.3 Å². The zero-order chi connectivity index (χ0) is 22.4. The Hall–Kier alpha value is -2.14. The van der Waals surface area contributed by atoms with Crippen molar-refractivity contribution < 1.29 is 4.52 Å². The van der Waals surface area contributed by atoms with Gasteiger partial charge in [0.1, 0.15) is 0 Å². The van der Waals surface area contributed by atoms with Crippen molar-refractivity contribution in [2.45, 2.75) is 46.6 Å². The molecule has 0 saturated carbocycles. The molecule has 2 heterocycles. The van der Waals surface area contributed by atoms with Gasteiger partial charge in [-0.2, -0.15) is 10.1 Å². The maximum Gasteiger partial charge on any atom is 0.228 e. The van der Waals surface area contributed by atoms with E-state index in [1.54, 1.807) is 0 Å². The smallest absolute Gasteiger partial charge is 0.228 e. The number of aryl methyl sites for hydroxylation is 2. The average molecular weight is 572 g/mol. The number of nitrogens with zero attached hydrogens (tertiary/aromatic N) is 5. The first-order valence-electron chi connectivity index (χ1n) is 10.5. The lowest BCUT2D eigenvalue weighted by molar-refractivity contribution is 0.380. The predicted molar refractivity (Wildman–Crippen MR) is 139 cm³/mol. The Morgan fingerprint density at radius 1 is 1.31 bits per heavy atom.